The van der Waals surface area contributed by atoms with E-state index in [-0.39, 0.29) is 19.5 Å². The van der Waals surface area contributed by atoms with Crippen LogP contribution in [-0.2, 0) is 25.4 Å². The van der Waals surface area contributed by atoms with Gasteiger partial charge in [-0.2, -0.15) is 0 Å². The van der Waals surface area contributed by atoms with Crippen molar-refractivity contribution in [3.05, 3.63) is 78.9 Å². The Morgan fingerprint density at radius 1 is 1.03 bits per heavy atom. The van der Waals surface area contributed by atoms with E-state index in [1.54, 1.807) is 35.2 Å². The van der Waals surface area contributed by atoms with Gasteiger partial charge < -0.3 is 24.3 Å². The lowest BCUT2D eigenvalue weighted by atomic mass is 10.2. The molecule has 0 aliphatic heterocycles. The van der Waals surface area contributed by atoms with Gasteiger partial charge in [0.1, 0.15) is 30.5 Å². The van der Waals surface area contributed by atoms with Crippen molar-refractivity contribution in [1.29, 1.82) is 0 Å². The number of para-hydroxylation sites is 1. The molecule has 4 aromatic rings. The van der Waals surface area contributed by atoms with E-state index in [2.05, 4.69) is 43.8 Å². The average molecular weight is 543 g/mol. The normalized spacial score (nSPS) is 11.8. The highest BCUT2D eigenvalue weighted by molar-refractivity contribution is 7.57. The Labute approximate surface area is 222 Å². The van der Waals surface area contributed by atoms with Crippen LogP contribution in [0.2, 0.25) is 0 Å². The number of methoxy groups -OCH3 is 1. The first-order valence-corrected chi connectivity index (χ1v) is 13.9. The second-order valence-corrected chi connectivity index (χ2v) is 9.65. The first kappa shape index (κ1) is 30.4. The van der Waals surface area contributed by atoms with Crippen molar-refractivity contribution in [2.75, 3.05) is 32.3 Å². The molecule has 0 saturated heterocycles. The van der Waals surface area contributed by atoms with Crippen molar-refractivity contribution in [3.8, 4) is 5.75 Å². The number of carbonyl (C=O) groups excluding carboxylic acids is 1. The SMILES string of the molecule is CC.COC(=O)CNP(=O)(COCCn1cnc2c(N)ncnc21)Oc1ccccc1.Cc1ccccc1. The summed E-state index contributed by atoms with van der Waals surface area (Å²) >= 11 is 0. The van der Waals surface area contributed by atoms with Gasteiger partial charge in [-0.05, 0) is 19.1 Å². The van der Waals surface area contributed by atoms with E-state index in [4.69, 9.17) is 15.0 Å². The first-order valence-electron chi connectivity index (χ1n) is 12.1. The molecule has 2 aromatic heterocycles. The summed E-state index contributed by atoms with van der Waals surface area (Å²) in [6.07, 6.45) is 2.69. The van der Waals surface area contributed by atoms with Crippen molar-refractivity contribution < 1.29 is 23.4 Å². The number of aromatic nitrogens is 4. The Balaban J connectivity index is 0.000000481. The van der Waals surface area contributed by atoms with Gasteiger partial charge in [0.25, 0.3) is 0 Å². The molecule has 1 atom stereocenters. The fraction of sp³-hybridized carbons (Fsp3) is 0.308. The van der Waals surface area contributed by atoms with Gasteiger partial charge in [0.05, 0.1) is 20.0 Å². The number of imidazole rings is 1. The number of aryl methyl sites for hydroxylation is 1. The van der Waals surface area contributed by atoms with Crippen molar-refractivity contribution in [3.63, 3.8) is 0 Å². The number of ether oxygens (including phenoxy) is 2. The van der Waals surface area contributed by atoms with Crippen LogP contribution in [0.15, 0.2) is 73.3 Å². The van der Waals surface area contributed by atoms with E-state index in [1.807, 2.05) is 38.1 Å². The maximum atomic E-state index is 13.1. The predicted molar refractivity (Wildman–Crippen MR) is 148 cm³/mol. The Hall–Kier alpha value is -3.79. The molecule has 12 heteroatoms. The minimum absolute atomic E-state index is 0.206. The molecule has 2 heterocycles. The van der Waals surface area contributed by atoms with E-state index in [0.717, 1.165) is 0 Å². The maximum absolute atomic E-state index is 13.1. The number of benzene rings is 2. The van der Waals surface area contributed by atoms with Crippen LogP contribution in [0.25, 0.3) is 11.2 Å². The summed E-state index contributed by atoms with van der Waals surface area (Å²) in [6.45, 7) is 6.42. The Morgan fingerprint density at radius 3 is 2.29 bits per heavy atom. The van der Waals surface area contributed by atoms with Gasteiger partial charge in [-0.3, -0.25) is 9.36 Å². The fourth-order valence-electron chi connectivity index (χ4n) is 2.96. The van der Waals surface area contributed by atoms with Gasteiger partial charge in [0.2, 0.25) is 0 Å². The summed E-state index contributed by atoms with van der Waals surface area (Å²) in [5.74, 6) is 0.121. The van der Waals surface area contributed by atoms with Crippen LogP contribution in [0.1, 0.15) is 19.4 Å². The molecule has 0 aliphatic carbocycles. The molecule has 0 fully saturated rings. The fourth-order valence-corrected chi connectivity index (χ4v) is 4.37. The molecule has 204 valence electrons. The third-order valence-electron chi connectivity index (χ3n) is 4.80. The topological polar surface area (TPSA) is 143 Å². The number of fused-ring (bicyclic) bond motifs is 1. The molecule has 3 N–H and O–H groups in total. The van der Waals surface area contributed by atoms with Crippen molar-refractivity contribution >= 4 is 30.5 Å². The molecule has 0 amide bonds. The highest BCUT2D eigenvalue weighted by atomic mass is 31.2. The molecular formula is C26H35N6O5P. The lowest BCUT2D eigenvalue weighted by Crippen LogP contribution is -2.26. The van der Waals surface area contributed by atoms with E-state index in [0.29, 0.717) is 29.3 Å². The summed E-state index contributed by atoms with van der Waals surface area (Å²) in [7, 11) is -2.27. The Kier molecular flexibility index (Phi) is 12.9. The van der Waals surface area contributed by atoms with Gasteiger partial charge in [0, 0.05) is 6.54 Å². The van der Waals surface area contributed by atoms with Gasteiger partial charge in [-0.25, -0.2) is 20.0 Å². The molecular weight excluding hydrogens is 507 g/mol. The lowest BCUT2D eigenvalue weighted by Gasteiger charge is -2.20. The third kappa shape index (κ3) is 9.93. The van der Waals surface area contributed by atoms with E-state index in [1.165, 1.54) is 19.0 Å². The Morgan fingerprint density at radius 2 is 1.68 bits per heavy atom. The number of nitrogens with two attached hydrogens (primary N) is 1. The van der Waals surface area contributed by atoms with Crippen LogP contribution in [-0.4, -0.2) is 52.1 Å². The van der Waals surface area contributed by atoms with Crippen LogP contribution in [0.5, 0.6) is 5.75 Å². The van der Waals surface area contributed by atoms with Crippen LogP contribution in [0, 0.1) is 6.92 Å². The third-order valence-corrected chi connectivity index (χ3v) is 6.46. The molecule has 0 bridgehead atoms. The number of nitrogen functional groups attached to an aromatic ring is 1. The monoisotopic (exact) mass is 542 g/mol. The standard InChI is InChI=1S/C17H21N6O5P.C7H8.C2H6/c1-26-14(24)9-22-29(25,28-13-5-3-2-4-6-13)12-27-8-7-23-11-21-15-16(18)19-10-20-17(15)23;1-7-5-3-2-4-6-7;1-2/h2-6,10-11H,7-9,12H2,1H3,(H,22,25)(H2,18,19,20);2-6H,1H3;1-2H3. The minimum Gasteiger partial charge on any atom is -0.468 e. The van der Waals surface area contributed by atoms with E-state index < -0.39 is 13.5 Å². The molecule has 1 unspecified atom stereocenters. The molecule has 0 spiro atoms. The van der Waals surface area contributed by atoms with Crippen molar-refractivity contribution in [1.82, 2.24) is 24.6 Å². The number of rotatable bonds is 10. The molecule has 2 aromatic carbocycles. The minimum atomic E-state index is -3.51. The van der Waals surface area contributed by atoms with Crippen molar-refractivity contribution in [2.24, 2.45) is 0 Å². The predicted octanol–water partition coefficient (Wildman–Crippen LogP) is 4.44. The zero-order chi connectivity index (χ0) is 27.8. The second-order valence-electron chi connectivity index (χ2n) is 7.55. The molecule has 38 heavy (non-hydrogen) atoms. The van der Waals surface area contributed by atoms with Crippen LogP contribution >= 0.6 is 7.52 Å². The molecule has 4 rings (SSSR count). The number of nitrogens with zero attached hydrogens (tertiary/aromatic N) is 4. The number of carbonyl (C=O) groups is 1. The largest absolute Gasteiger partial charge is 0.468 e. The Bertz CT molecular complexity index is 1290. The zero-order valence-electron chi connectivity index (χ0n) is 22.1. The maximum Gasteiger partial charge on any atom is 0.342 e. The highest BCUT2D eigenvalue weighted by Gasteiger charge is 2.26. The molecule has 0 radical (unpaired) electrons. The quantitative estimate of drug-likeness (QED) is 0.168. The van der Waals surface area contributed by atoms with Gasteiger partial charge >= 0.3 is 13.5 Å². The number of hydrogen-bond donors (Lipinski definition) is 2. The van der Waals surface area contributed by atoms with E-state index in [9.17, 15) is 9.36 Å². The summed E-state index contributed by atoms with van der Waals surface area (Å²) < 4.78 is 30.6. The van der Waals surface area contributed by atoms with E-state index >= 15 is 0 Å². The number of nitrogens with one attached hydrogen (secondary N) is 1. The summed E-state index contributed by atoms with van der Waals surface area (Å²) in [6, 6.07) is 18.9. The zero-order valence-corrected chi connectivity index (χ0v) is 23.0. The van der Waals surface area contributed by atoms with Crippen LogP contribution in [0.4, 0.5) is 5.82 Å². The average Bonchev–Trinajstić information content (AvgIpc) is 3.37. The van der Waals surface area contributed by atoms with Crippen LogP contribution < -0.4 is 15.3 Å². The molecule has 11 nitrogen and oxygen atoms in total. The summed E-state index contributed by atoms with van der Waals surface area (Å²) in [5.41, 5.74) is 8.17. The smallest absolute Gasteiger partial charge is 0.342 e. The van der Waals surface area contributed by atoms with Gasteiger partial charge in [-0.1, -0.05) is 67.9 Å². The second kappa shape index (κ2) is 16.1. The molecule has 0 saturated carbocycles. The molecule has 0 aliphatic rings. The number of esters is 1. The first-order chi connectivity index (χ1) is 18.4. The highest BCUT2D eigenvalue weighted by Crippen LogP contribution is 2.42. The number of hydrogen-bond acceptors (Lipinski definition) is 9. The van der Waals surface area contributed by atoms with Gasteiger partial charge in [0.15, 0.2) is 11.5 Å². The van der Waals surface area contributed by atoms with Crippen molar-refractivity contribution in [2.45, 2.75) is 27.3 Å². The summed E-state index contributed by atoms with van der Waals surface area (Å²) in [5, 5.41) is 2.60. The van der Waals surface area contributed by atoms with Gasteiger partial charge in [-0.15, -0.1) is 0 Å². The van der Waals surface area contributed by atoms with Crippen LogP contribution in [0.3, 0.4) is 0 Å². The summed E-state index contributed by atoms with van der Waals surface area (Å²) in [4.78, 5) is 23.6. The number of anilines is 1. The lowest BCUT2D eigenvalue weighted by molar-refractivity contribution is -0.139.